The Bertz CT molecular complexity index is 670. The van der Waals surface area contributed by atoms with E-state index in [1.165, 1.54) is 12.1 Å². The number of ketones is 1. The lowest BCUT2D eigenvalue weighted by Crippen LogP contribution is -2.24. The Balaban J connectivity index is 2.54. The fraction of sp³-hybridized carbons (Fsp3) is 0.154. The van der Waals surface area contributed by atoms with Crippen LogP contribution in [0.5, 0.6) is 5.75 Å². The number of hydrogen-bond acceptors (Lipinski definition) is 3. The molecule has 118 valence electrons. The average molecular weight is 324 g/mol. The topological polar surface area (TPSA) is 39.4 Å². The molecule has 0 radical (unpaired) electrons. The number of alkyl halides is 6. The van der Waals surface area contributed by atoms with E-state index in [0.717, 1.165) is 18.4 Å². The summed E-state index contributed by atoms with van der Waals surface area (Å²) in [6.45, 7) is 0. The van der Waals surface area contributed by atoms with Crippen molar-refractivity contribution in [2.24, 2.45) is 0 Å². The fourth-order valence-corrected chi connectivity index (χ4v) is 1.71. The monoisotopic (exact) mass is 324 g/mol. The minimum Gasteiger partial charge on any atom is -0.464 e. The summed E-state index contributed by atoms with van der Waals surface area (Å²) >= 11 is 0. The summed E-state index contributed by atoms with van der Waals surface area (Å²) in [5, 5.41) is 0. The molecule has 0 N–H and O–H groups in total. The van der Waals surface area contributed by atoms with Crippen LogP contribution in [0.3, 0.4) is 0 Å². The van der Waals surface area contributed by atoms with Crippen LogP contribution in [-0.4, -0.2) is 18.3 Å². The summed E-state index contributed by atoms with van der Waals surface area (Å²) in [4.78, 5) is 11.4. The molecule has 9 heteroatoms. The van der Waals surface area contributed by atoms with Crippen LogP contribution in [0.4, 0.5) is 26.3 Å². The van der Waals surface area contributed by atoms with Crippen LogP contribution in [0.25, 0.3) is 11.3 Å². The highest BCUT2D eigenvalue weighted by atomic mass is 19.4. The Hall–Kier alpha value is -2.45. The second-order valence-electron chi connectivity index (χ2n) is 4.06. The zero-order valence-electron chi connectivity index (χ0n) is 10.5. The minimum atomic E-state index is -5.25. The molecule has 22 heavy (non-hydrogen) atoms. The van der Waals surface area contributed by atoms with Gasteiger partial charge in [0.05, 0.1) is 6.26 Å². The van der Waals surface area contributed by atoms with Gasteiger partial charge in [0.25, 0.3) is 5.78 Å². The van der Waals surface area contributed by atoms with Gasteiger partial charge in [0.1, 0.15) is 11.5 Å². The Morgan fingerprint density at radius 3 is 2.23 bits per heavy atom. The second-order valence-corrected chi connectivity index (χ2v) is 4.06. The first-order valence-corrected chi connectivity index (χ1v) is 5.63. The molecule has 1 aromatic carbocycles. The summed E-state index contributed by atoms with van der Waals surface area (Å²) < 4.78 is 82.6. The summed E-state index contributed by atoms with van der Waals surface area (Å²) in [6.07, 6.45) is -9.19. The predicted octanol–water partition coefficient (Wildman–Crippen LogP) is 4.59. The maximum absolute atomic E-state index is 12.6. The molecule has 0 fully saturated rings. The van der Waals surface area contributed by atoms with Crippen LogP contribution in [0.15, 0.2) is 41.0 Å². The molecule has 0 aliphatic heterocycles. The largest absolute Gasteiger partial charge is 0.573 e. The van der Waals surface area contributed by atoms with E-state index in [1.54, 1.807) is 0 Å². The molecule has 2 aromatic rings. The SMILES string of the molecule is O=C(c1cc(OC(F)(F)F)ccc1-c1ccco1)C(F)(F)F. The lowest BCUT2D eigenvalue weighted by atomic mass is 10.0. The van der Waals surface area contributed by atoms with Crippen molar-refractivity contribution in [3.63, 3.8) is 0 Å². The molecule has 0 spiro atoms. The quantitative estimate of drug-likeness (QED) is 0.612. The Morgan fingerprint density at radius 2 is 1.73 bits per heavy atom. The lowest BCUT2D eigenvalue weighted by molar-refractivity contribution is -0.274. The van der Waals surface area contributed by atoms with Gasteiger partial charge in [0.15, 0.2) is 0 Å². The zero-order chi connectivity index (χ0) is 16.5. The molecule has 1 aromatic heterocycles. The molecule has 0 saturated carbocycles. The Kier molecular flexibility index (Phi) is 3.90. The van der Waals surface area contributed by atoms with Crippen molar-refractivity contribution in [2.45, 2.75) is 12.5 Å². The predicted molar refractivity (Wildman–Crippen MR) is 61.2 cm³/mol. The molecule has 1 heterocycles. The van der Waals surface area contributed by atoms with Gasteiger partial charge in [-0.3, -0.25) is 4.79 Å². The smallest absolute Gasteiger partial charge is 0.464 e. The van der Waals surface area contributed by atoms with Crippen molar-refractivity contribution in [1.29, 1.82) is 0 Å². The van der Waals surface area contributed by atoms with Crippen molar-refractivity contribution in [3.05, 3.63) is 42.2 Å². The minimum absolute atomic E-state index is 0.0915. The van der Waals surface area contributed by atoms with Crippen LogP contribution in [0, 0.1) is 0 Å². The molecule has 2 rings (SSSR count). The van der Waals surface area contributed by atoms with Gasteiger partial charge in [-0.1, -0.05) is 0 Å². The second kappa shape index (κ2) is 5.39. The number of Topliss-reactive ketones (excluding diaryl/α,β-unsaturated/α-hetero) is 1. The number of halogens is 6. The number of hydrogen-bond donors (Lipinski definition) is 0. The van der Waals surface area contributed by atoms with Gasteiger partial charge in [-0.2, -0.15) is 13.2 Å². The number of rotatable bonds is 3. The van der Waals surface area contributed by atoms with E-state index >= 15 is 0 Å². The highest BCUT2D eigenvalue weighted by Crippen LogP contribution is 2.34. The van der Waals surface area contributed by atoms with E-state index in [2.05, 4.69) is 4.74 Å². The molecule has 3 nitrogen and oxygen atoms in total. The molecule has 0 bridgehead atoms. The van der Waals surface area contributed by atoms with Crippen LogP contribution in [0.1, 0.15) is 10.4 Å². The summed E-state index contributed by atoms with van der Waals surface area (Å²) in [5.41, 5.74) is -1.29. The highest BCUT2D eigenvalue weighted by Gasteiger charge is 2.41. The van der Waals surface area contributed by atoms with Gasteiger partial charge in [-0.15, -0.1) is 13.2 Å². The average Bonchev–Trinajstić information content (AvgIpc) is 2.88. The molecule has 0 aliphatic rings. The van der Waals surface area contributed by atoms with Crippen LogP contribution >= 0.6 is 0 Å². The van der Waals surface area contributed by atoms with Crippen molar-refractivity contribution < 1.29 is 40.3 Å². The third-order valence-corrected chi connectivity index (χ3v) is 2.51. The van der Waals surface area contributed by atoms with Crippen molar-refractivity contribution >= 4 is 5.78 Å². The molecule has 0 amide bonds. The molecule has 0 aliphatic carbocycles. The van der Waals surface area contributed by atoms with Gasteiger partial charge in [0, 0.05) is 11.1 Å². The van der Waals surface area contributed by atoms with Gasteiger partial charge in [-0.05, 0) is 30.3 Å². The Morgan fingerprint density at radius 1 is 1.05 bits per heavy atom. The molecular weight excluding hydrogens is 318 g/mol. The number of carbonyl (C=O) groups excluding carboxylic acids is 1. The molecule has 0 saturated heterocycles. The number of ether oxygens (including phenoxy) is 1. The molecule has 0 atom stereocenters. The van der Waals surface area contributed by atoms with Crippen LogP contribution in [0.2, 0.25) is 0 Å². The Labute approximate surface area is 119 Å². The van der Waals surface area contributed by atoms with E-state index in [4.69, 9.17) is 4.42 Å². The number of furan rings is 1. The van der Waals surface area contributed by atoms with Gasteiger partial charge < -0.3 is 9.15 Å². The number of carbonyl (C=O) groups is 1. The molecular formula is C13H6F6O3. The van der Waals surface area contributed by atoms with Gasteiger partial charge in [-0.25, -0.2) is 0 Å². The van der Waals surface area contributed by atoms with Gasteiger partial charge >= 0.3 is 12.5 Å². The van der Waals surface area contributed by atoms with E-state index in [-0.39, 0.29) is 11.3 Å². The van der Waals surface area contributed by atoms with E-state index in [0.29, 0.717) is 6.07 Å². The summed E-state index contributed by atoms with van der Waals surface area (Å²) in [5.74, 6) is -3.33. The lowest BCUT2D eigenvalue weighted by Gasteiger charge is -2.13. The van der Waals surface area contributed by atoms with Crippen molar-refractivity contribution in [3.8, 4) is 17.1 Å². The molecule has 0 unspecified atom stereocenters. The third kappa shape index (κ3) is 3.60. The van der Waals surface area contributed by atoms with Gasteiger partial charge in [0.2, 0.25) is 0 Å². The standard InChI is InChI=1S/C13H6F6O3/c14-12(15,16)11(20)9-6-7(22-13(17,18)19)3-4-8(9)10-2-1-5-21-10/h1-6H. The van der Waals surface area contributed by atoms with Crippen LogP contribution in [-0.2, 0) is 0 Å². The van der Waals surface area contributed by atoms with Crippen molar-refractivity contribution in [2.75, 3.05) is 0 Å². The van der Waals surface area contributed by atoms with E-state index < -0.39 is 29.6 Å². The fourth-order valence-electron chi connectivity index (χ4n) is 1.71. The zero-order valence-corrected chi connectivity index (χ0v) is 10.5. The van der Waals surface area contributed by atoms with E-state index in [9.17, 15) is 31.1 Å². The van der Waals surface area contributed by atoms with Crippen molar-refractivity contribution in [1.82, 2.24) is 0 Å². The maximum atomic E-state index is 12.6. The first-order valence-electron chi connectivity index (χ1n) is 5.63. The number of benzene rings is 1. The maximum Gasteiger partial charge on any atom is 0.573 e. The van der Waals surface area contributed by atoms with Crippen LogP contribution < -0.4 is 4.74 Å². The first kappa shape index (κ1) is 15.9. The third-order valence-electron chi connectivity index (χ3n) is 2.51. The summed E-state index contributed by atoms with van der Waals surface area (Å²) in [7, 11) is 0. The normalized spacial score (nSPS) is 12.3. The summed E-state index contributed by atoms with van der Waals surface area (Å²) in [6, 6.07) is 4.68. The highest BCUT2D eigenvalue weighted by molar-refractivity contribution is 6.05. The first-order chi connectivity index (χ1) is 10.1. The van der Waals surface area contributed by atoms with E-state index in [1.807, 2.05) is 0 Å².